The molecule has 25 heavy (non-hydrogen) atoms. The third-order valence-electron chi connectivity index (χ3n) is 5.57. The van der Waals surface area contributed by atoms with Gasteiger partial charge in [-0.1, -0.05) is 0 Å². The van der Waals surface area contributed by atoms with Crippen LogP contribution in [0.4, 0.5) is 10.1 Å². The van der Waals surface area contributed by atoms with Crippen molar-refractivity contribution in [2.24, 2.45) is 0 Å². The number of halogens is 1. The molecule has 138 valence electrons. The number of piperazine rings is 1. The highest BCUT2D eigenvalue weighted by Gasteiger charge is 2.42. The zero-order valence-electron chi connectivity index (χ0n) is 14.3. The van der Waals surface area contributed by atoms with Crippen LogP contribution < -0.4 is 4.90 Å². The van der Waals surface area contributed by atoms with E-state index < -0.39 is 10.2 Å². The maximum Gasteiger partial charge on any atom is 0.282 e. The van der Waals surface area contributed by atoms with Crippen LogP contribution in [0.2, 0.25) is 0 Å². The summed E-state index contributed by atoms with van der Waals surface area (Å²) in [7, 11) is -3.24. The van der Waals surface area contributed by atoms with Crippen molar-refractivity contribution in [2.45, 2.75) is 18.9 Å². The monoisotopic (exact) mass is 368 g/mol. The van der Waals surface area contributed by atoms with Crippen molar-refractivity contribution >= 4 is 15.9 Å². The molecule has 0 aliphatic carbocycles. The van der Waals surface area contributed by atoms with Crippen LogP contribution >= 0.6 is 0 Å². The minimum absolute atomic E-state index is 0.212. The largest absolute Gasteiger partial charge is 0.369 e. The maximum atomic E-state index is 13.0. The average Bonchev–Trinajstić information content (AvgIpc) is 3.10. The second kappa shape index (κ2) is 6.83. The molecule has 0 amide bonds. The van der Waals surface area contributed by atoms with E-state index in [1.165, 1.54) is 12.1 Å². The van der Waals surface area contributed by atoms with Gasteiger partial charge in [-0.15, -0.1) is 0 Å². The molecule has 3 fully saturated rings. The van der Waals surface area contributed by atoms with Crippen LogP contribution in [0.1, 0.15) is 12.8 Å². The highest BCUT2D eigenvalue weighted by atomic mass is 32.2. The van der Waals surface area contributed by atoms with Gasteiger partial charge in [0.15, 0.2) is 0 Å². The van der Waals surface area contributed by atoms with Gasteiger partial charge in [0.2, 0.25) is 0 Å². The van der Waals surface area contributed by atoms with Gasteiger partial charge in [-0.2, -0.15) is 17.0 Å². The van der Waals surface area contributed by atoms with Crippen molar-refractivity contribution in [2.75, 3.05) is 57.3 Å². The molecule has 0 unspecified atom stereocenters. The molecule has 0 spiro atoms. The van der Waals surface area contributed by atoms with Crippen LogP contribution in [0, 0.1) is 5.82 Å². The van der Waals surface area contributed by atoms with Gasteiger partial charge in [-0.25, -0.2) is 4.39 Å². The molecule has 0 aromatic heterocycles. The molecular weight excluding hydrogens is 343 g/mol. The molecule has 0 N–H and O–H groups in total. The summed E-state index contributed by atoms with van der Waals surface area (Å²) in [6.07, 6.45) is 1.95. The van der Waals surface area contributed by atoms with Crippen molar-refractivity contribution in [1.82, 2.24) is 13.5 Å². The predicted molar refractivity (Wildman–Crippen MR) is 95.3 cm³/mol. The van der Waals surface area contributed by atoms with E-state index in [1.54, 1.807) is 8.61 Å². The lowest BCUT2D eigenvalue weighted by molar-refractivity contribution is 0.0790. The van der Waals surface area contributed by atoms with Gasteiger partial charge in [0.05, 0.1) is 0 Å². The summed E-state index contributed by atoms with van der Waals surface area (Å²) >= 11 is 0. The summed E-state index contributed by atoms with van der Waals surface area (Å²) in [4.78, 5) is 4.64. The van der Waals surface area contributed by atoms with E-state index >= 15 is 0 Å². The van der Waals surface area contributed by atoms with Crippen LogP contribution in [-0.4, -0.2) is 80.3 Å². The fraction of sp³-hybridized carbons (Fsp3) is 0.647. The Morgan fingerprint density at radius 3 is 2.04 bits per heavy atom. The number of anilines is 1. The molecule has 0 radical (unpaired) electrons. The Morgan fingerprint density at radius 2 is 1.44 bits per heavy atom. The summed E-state index contributed by atoms with van der Waals surface area (Å²) in [6.45, 7) is 6.16. The molecule has 1 aromatic rings. The SMILES string of the molecule is O=S(=O)(N1CCCC1)N1CC(N2CCN(c3ccc(F)cc3)CC2)C1. The summed E-state index contributed by atoms with van der Waals surface area (Å²) in [5.41, 5.74) is 1.05. The highest BCUT2D eigenvalue weighted by molar-refractivity contribution is 7.86. The van der Waals surface area contributed by atoms with Crippen molar-refractivity contribution in [3.8, 4) is 0 Å². The van der Waals surface area contributed by atoms with E-state index in [9.17, 15) is 12.8 Å². The molecule has 3 aliphatic rings. The van der Waals surface area contributed by atoms with Gasteiger partial charge in [0.1, 0.15) is 5.82 Å². The second-order valence-electron chi connectivity index (χ2n) is 7.08. The number of rotatable bonds is 4. The number of benzene rings is 1. The van der Waals surface area contributed by atoms with Gasteiger partial charge in [0.25, 0.3) is 10.2 Å². The molecule has 6 nitrogen and oxygen atoms in total. The first kappa shape index (κ1) is 17.2. The first-order valence-electron chi connectivity index (χ1n) is 9.04. The predicted octanol–water partition coefficient (Wildman–Crippen LogP) is 0.972. The number of nitrogens with zero attached hydrogens (tertiary/aromatic N) is 4. The molecule has 3 saturated heterocycles. The Bertz CT molecular complexity index is 692. The number of hydrogen-bond acceptors (Lipinski definition) is 4. The first-order chi connectivity index (χ1) is 12.0. The standard InChI is InChI=1S/C17H25FN4O2S/c18-15-3-5-16(6-4-15)19-9-11-20(12-10-19)17-13-22(14-17)25(23,24)21-7-1-2-8-21/h3-6,17H,1-2,7-14H2. The van der Waals surface area contributed by atoms with E-state index in [0.29, 0.717) is 32.2 Å². The zero-order valence-corrected chi connectivity index (χ0v) is 15.2. The smallest absolute Gasteiger partial charge is 0.282 e. The van der Waals surface area contributed by atoms with Gasteiger partial charge < -0.3 is 4.90 Å². The van der Waals surface area contributed by atoms with Crippen LogP contribution in [0.3, 0.4) is 0 Å². The quantitative estimate of drug-likeness (QED) is 0.795. The molecular formula is C17H25FN4O2S. The minimum Gasteiger partial charge on any atom is -0.369 e. The van der Waals surface area contributed by atoms with Crippen molar-refractivity contribution in [1.29, 1.82) is 0 Å². The van der Waals surface area contributed by atoms with E-state index in [1.807, 2.05) is 12.1 Å². The van der Waals surface area contributed by atoms with E-state index in [-0.39, 0.29) is 5.82 Å². The van der Waals surface area contributed by atoms with Crippen LogP contribution in [0.5, 0.6) is 0 Å². The Morgan fingerprint density at radius 1 is 0.840 bits per heavy atom. The summed E-state index contributed by atoms with van der Waals surface area (Å²) in [6, 6.07) is 6.95. The molecule has 1 aromatic carbocycles. The Hall–Kier alpha value is -1.22. The highest BCUT2D eigenvalue weighted by Crippen LogP contribution is 2.25. The second-order valence-corrected chi connectivity index (χ2v) is 9.01. The van der Waals surface area contributed by atoms with Crippen LogP contribution in [-0.2, 0) is 10.2 Å². The molecule has 4 rings (SSSR count). The Balaban J connectivity index is 1.28. The third kappa shape index (κ3) is 3.40. The lowest BCUT2D eigenvalue weighted by atomic mass is 10.1. The lowest BCUT2D eigenvalue weighted by Gasteiger charge is -2.48. The minimum atomic E-state index is -3.24. The molecule has 0 saturated carbocycles. The van der Waals surface area contributed by atoms with Crippen molar-refractivity contribution in [3.05, 3.63) is 30.1 Å². The molecule has 0 bridgehead atoms. The van der Waals surface area contributed by atoms with Crippen molar-refractivity contribution in [3.63, 3.8) is 0 Å². The van der Waals surface area contributed by atoms with E-state index in [4.69, 9.17) is 0 Å². The fourth-order valence-electron chi connectivity index (χ4n) is 3.92. The van der Waals surface area contributed by atoms with Crippen LogP contribution in [0.25, 0.3) is 0 Å². The van der Waals surface area contributed by atoms with Crippen LogP contribution in [0.15, 0.2) is 24.3 Å². The summed E-state index contributed by atoms with van der Waals surface area (Å²) < 4.78 is 41.3. The molecule has 3 heterocycles. The summed E-state index contributed by atoms with van der Waals surface area (Å²) in [5.74, 6) is -0.212. The van der Waals surface area contributed by atoms with Gasteiger partial charge in [-0.3, -0.25) is 4.90 Å². The third-order valence-corrected chi connectivity index (χ3v) is 7.54. The van der Waals surface area contributed by atoms with E-state index in [2.05, 4.69) is 9.80 Å². The Kier molecular flexibility index (Phi) is 4.70. The van der Waals surface area contributed by atoms with Crippen molar-refractivity contribution < 1.29 is 12.8 Å². The zero-order chi connectivity index (χ0) is 17.4. The lowest BCUT2D eigenvalue weighted by Crippen LogP contribution is -2.65. The van der Waals surface area contributed by atoms with Gasteiger partial charge >= 0.3 is 0 Å². The van der Waals surface area contributed by atoms with Gasteiger partial charge in [-0.05, 0) is 37.1 Å². The molecule has 0 atom stereocenters. The van der Waals surface area contributed by atoms with E-state index in [0.717, 1.165) is 44.7 Å². The maximum absolute atomic E-state index is 13.0. The van der Waals surface area contributed by atoms with Gasteiger partial charge in [0, 0.05) is 64.1 Å². The molecule has 8 heteroatoms. The summed E-state index contributed by atoms with van der Waals surface area (Å²) in [5, 5.41) is 0. The Labute approximate surface area is 149 Å². The average molecular weight is 368 g/mol. The first-order valence-corrected chi connectivity index (χ1v) is 10.4. The fourth-order valence-corrected chi connectivity index (χ4v) is 5.68. The number of hydrogen-bond donors (Lipinski definition) is 0. The normalized spacial score (nSPS) is 24.6. The molecule has 3 aliphatic heterocycles. The topological polar surface area (TPSA) is 47.1 Å².